The summed E-state index contributed by atoms with van der Waals surface area (Å²) >= 11 is 7.14. The van der Waals surface area contributed by atoms with Gasteiger partial charge in [0.15, 0.2) is 0 Å². The molecule has 0 N–H and O–H groups in total. The SMILES string of the molecule is CC1(CCCOC(=O)C=O)c2cc(Br)ccc2-c2ccc(Br)cc21. The molecule has 0 spiro atoms. The Labute approximate surface area is 157 Å². The fraction of sp³-hybridized carbons (Fsp3) is 0.263. The van der Waals surface area contributed by atoms with Gasteiger partial charge < -0.3 is 4.74 Å². The Bertz CT molecular complexity index is 763. The van der Waals surface area contributed by atoms with Gasteiger partial charge in [0, 0.05) is 14.4 Å². The predicted octanol–water partition coefficient (Wildman–Crippen LogP) is 5.02. The van der Waals surface area contributed by atoms with Gasteiger partial charge in [-0.15, -0.1) is 0 Å². The van der Waals surface area contributed by atoms with E-state index >= 15 is 0 Å². The molecule has 124 valence electrons. The van der Waals surface area contributed by atoms with Crippen LogP contribution in [0.3, 0.4) is 0 Å². The Morgan fingerprint density at radius 2 is 1.62 bits per heavy atom. The lowest BCUT2D eigenvalue weighted by atomic mass is 9.76. The molecule has 1 aliphatic rings. The Morgan fingerprint density at radius 3 is 2.12 bits per heavy atom. The number of rotatable bonds is 5. The highest BCUT2D eigenvalue weighted by molar-refractivity contribution is 9.10. The lowest BCUT2D eigenvalue weighted by Crippen LogP contribution is -2.22. The second-order valence-electron chi connectivity index (χ2n) is 6.10. The number of benzene rings is 2. The maximum Gasteiger partial charge on any atom is 0.371 e. The molecule has 2 aromatic rings. The standard InChI is InChI=1S/C19H16Br2O3/c1-19(7-2-8-24-18(23)11-22)16-9-12(20)3-5-14(16)15-6-4-13(21)10-17(15)19/h3-6,9-11H,2,7-8H2,1H3. The van der Waals surface area contributed by atoms with Crippen LogP contribution >= 0.6 is 31.9 Å². The summed E-state index contributed by atoms with van der Waals surface area (Å²) in [7, 11) is 0. The maximum absolute atomic E-state index is 11.0. The lowest BCUT2D eigenvalue weighted by Gasteiger charge is -2.27. The van der Waals surface area contributed by atoms with Crippen LogP contribution in [0.4, 0.5) is 0 Å². The Hall–Kier alpha value is -1.46. The van der Waals surface area contributed by atoms with Crippen molar-refractivity contribution in [3.05, 3.63) is 56.5 Å². The third kappa shape index (κ3) is 3.07. The van der Waals surface area contributed by atoms with E-state index in [1.54, 1.807) is 0 Å². The largest absolute Gasteiger partial charge is 0.460 e. The number of halogens is 2. The van der Waals surface area contributed by atoms with E-state index in [1.807, 2.05) is 0 Å². The van der Waals surface area contributed by atoms with Gasteiger partial charge in [0.25, 0.3) is 0 Å². The molecule has 0 aliphatic heterocycles. The van der Waals surface area contributed by atoms with Gasteiger partial charge in [0.2, 0.25) is 6.29 Å². The molecular formula is C19H16Br2O3. The summed E-state index contributed by atoms with van der Waals surface area (Å²) in [5.74, 6) is -0.808. The molecule has 5 heteroatoms. The van der Waals surface area contributed by atoms with E-state index < -0.39 is 5.97 Å². The van der Waals surface area contributed by atoms with Crippen molar-refractivity contribution in [2.45, 2.75) is 25.2 Å². The van der Waals surface area contributed by atoms with Crippen molar-refractivity contribution in [2.24, 2.45) is 0 Å². The van der Waals surface area contributed by atoms with Crippen LogP contribution in [0.25, 0.3) is 11.1 Å². The number of carbonyl (C=O) groups excluding carboxylic acids is 2. The summed E-state index contributed by atoms with van der Waals surface area (Å²) in [6.45, 7) is 2.47. The van der Waals surface area contributed by atoms with Crippen LogP contribution in [0.2, 0.25) is 0 Å². The fourth-order valence-electron chi connectivity index (χ4n) is 3.46. The summed E-state index contributed by atoms with van der Waals surface area (Å²) in [5, 5.41) is 0. The average molecular weight is 452 g/mol. The zero-order valence-electron chi connectivity index (χ0n) is 13.1. The molecule has 0 saturated heterocycles. The number of hydrogen-bond acceptors (Lipinski definition) is 3. The number of carbonyl (C=O) groups is 2. The smallest absolute Gasteiger partial charge is 0.371 e. The first-order valence-corrected chi connectivity index (χ1v) is 9.26. The van der Waals surface area contributed by atoms with Gasteiger partial charge in [0.05, 0.1) is 6.61 Å². The maximum atomic E-state index is 11.0. The monoisotopic (exact) mass is 450 g/mol. The highest BCUT2D eigenvalue weighted by Crippen LogP contribution is 2.52. The first kappa shape index (κ1) is 17.4. The number of esters is 1. The van der Waals surface area contributed by atoms with Crippen LogP contribution in [-0.4, -0.2) is 18.9 Å². The van der Waals surface area contributed by atoms with Crippen LogP contribution in [0.15, 0.2) is 45.3 Å². The van der Waals surface area contributed by atoms with Crippen molar-refractivity contribution in [1.82, 2.24) is 0 Å². The molecule has 1 aliphatic carbocycles. The molecule has 3 nitrogen and oxygen atoms in total. The van der Waals surface area contributed by atoms with Gasteiger partial charge in [-0.25, -0.2) is 4.79 Å². The molecule has 0 amide bonds. The van der Waals surface area contributed by atoms with E-state index in [9.17, 15) is 9.59 Å². The summed E-state index contributed by atoms with van der Waals surface area (Å²) < 4.78 is 6.99. The topological polar surface area (TPSA) is 43.4 Å². The second kappa shape index (κ2) is 6.81. The van der Waals surface area contributed by atoms with Gasteiger partial charge in [-0.2, -0.15) is 0 Å². The Morgan fingerprint density at radius 1 is 1.08 bits per heavy atom. The van der Waals surface area contributed by atoms with Crippen molar-refractivity contribution in [2.75, 3.05) is 6.61 Å². The van der Waals surface area contributed by atoms with E-state index in [0.29, 0.717) is 6.42 Å². The van der Waals surface area contributed by atoms with Crippen molar-refractivity contribution >= 4 is 44.1 Å². The van der Waals surface area contributed by atoms with Crippen LogP contribution in [0.5, 0.6) is 0 Å². The van der Waals surface area contributed by atoms with Crippen LogP contribution in [-0.2, 0) is 19.7 Å². The van der Waals surface area contributed by atoms with Crippen molar-refractivity contribution < 1.29 is 14.3 Å². The van der Waals surface area contributed by atoms with Crippen LogP contribution < -0.4 is 0 Å². The normalized spacial score (nSPS) is 14.0. The zero-order valence-corrected chi connectivity index (χ0v) is 16.3. The molecule has 3 rings (SSSR count). The molecule has 2 aromatic carbocycles. The van der Waals surface area contributed by atoms with Gasteiger partial charge in [-0.05, 0) is 59.4 Å². The van der Waals surface area contributed by atoms with Crippen molar-refractivity contribution in [3.8, 4) is 11.1 Å². The first-order valence-electron chi connectivity index (χ1n) is 7.68. The molecule has 0 bridgehead atoms. The molecule has 0 unspecified atom stereocenters. The lowest BCUT2D eigenvalue weighted by molar-refractivity contribution is -0.148. The third-order valence-corrected chi connectivity index (χ3v) is 5.59. The summed E-state index contributed by atoms with van der Waals surface area (Å²) in [4.78, 5) is 21.3. The van der Waals surface area contributed by atoms with Gasteiger partial charge in [-0.1, -0.05) is 50.9 Å². The summed E-state index contributed by atoms with van der Waals surface area (Å²) in [5.41, 5.74) is 4.87. The minimum atomic E-state index is -0.808. The van der Waals surface area contributed by atoms with E-state index in [4.69, 9.17) is 4.74 Å². The second-order valence-corrected chi connectivity index (χ2v) is 7.93. The quantitative estimate of drug-likeness (QED) is 0.277. The summed E-state index contributed by atoms with van der Waals surface area (Å²) in [6.07, 6.45) is 1.72. The van der Waals surface area contributed by atoms with Crippen molar-refractivity contribution in [1.29, 1.82) is 0 Å². The van der Waals surface area contributed by atoms with Crippen LogP contribution in [0.1, 0.15) is 30.9 Å². The minimum Gasteiger partial charge on any atom is -0.460 e. The molecule has 24 heavy (non-hydrogen) atoms. The van der Waals surface area contributed by atoms with Crippen LogP contribution in [0, 0.1) is 0 Å². The summed E-state index contributed by atoms with van der Waals surface area (Å²) in [6, 6.07) is 12.7. The highest BCUT2D eigenvalue weighted by Gasteiger charge is 2.39. The molecule has 0 saturated carbocycles. The number of ether oxygens (including phenoxy) is 1. The van der Waals surface area contributed by atoms with Gasteiger partial charge in [-0.3, -0.25) is 4.79 Å². The van der Waals surface area contributed by atoms with E-state index in [0.717, 1.165) is 15.4 Å². The highest BCUT2D eigenvalue weighted by atomic mass is 79.9. The molecule has 0 heterocycles. The van der Waals surface area contributed by atoms with E-state index in [1.165, 1.54) is 22.3 Å². The van der Waals surface area contributed by atoms with Gasteiger partial charge >= 0.3 is 5.97 Å². The third-order valence-electron chi connectivity index (χ3n) is 4.60. The average Bonchev–Trinajstić information content (AvgIpc) is 2.80. The number of hydrogen-bond donors (Lipinski definition) is 0. The van der Waals surface area contributed by atoms with Gasteiger partial charge in [0.1, 0.15) is 0 Å². The Kier molecular flexibility index (Phi) is 4.92. The fourth-order valence-corrected chi connectivity index (χ4v) is 4.18. The predicted molar refractivity (Wildman–Crippen MR) is 100.0 cm³/mol. The van der Waals surface area contributed by atoms with E-state index in [2.05, 4.69) is 75.2 Å². The number of aldehydes is 1. The molecule has 0 aromatic heterocycles. The minimum absolute atomic E-state index is 0.161. The molecule has 0 fully saturated rings. The molecular weight excluding hydrogens is 436 g/mol. The molecule has 0 radical (unpaired) electrons. The first-order chi connectivity index (χ1) is 11.5. The Balaban J connectivity index is 1.94. The molecule has 0 atom stereocenters. The van der Waals surface area contributed by atoms with Crippen molar-refractivity contribution in [3.63, 3.8) is 0 Å². The van der Waals surface area contributed by atoms with E-state index in [-0.39, 0.29) is 18.3 Å². The zero-order chi connectivity index (χ0) is 17.3. The number of fused-ring (bicyclic) bond motifs is 3.